The summed E-state index contributed by atoms with van der Waals surface area (Å²) in [4.78, 5) is 16.1. The Labute approximate surface area is 235 Å². The summed E-state index contributed by atoms with van der Waals surface area (Å²) in [6, 6.07) is 21.9. The largest absolute Gasteiger partial charge is 2.00 e. The number of benzene rings is 1. The first-order valence-electron chi connectivity index (χ1n) is 10.6. The number of nitrogens with one attached hydrogen (secondary N) is 2. The van der Waals surface area contributed by atoms with Crippen LogP contribution in [0.25, 0.3) is 45.9 Å². The Bertz CT molecular complexity index is 1790. The van der Waals surface area contributed by atoms with Crippen LogP contribution in [0.4, 0.5) is 0 Å². The van der Waals surface area contributed by atoms with Gasteiger partial charge in [0.15, 0.2) is 0 Å². The third kappa shape index (κ3) is 6.05. The minimum Gasteiger partial charge on any atom is -1.00 e. The molecule has 0 amide bonds. The van der Waals surface area contributed by atoms with Gasteiger partial charge in [-0.1, -0.05) is 12.1 Å². The fourth-order valence-electron chi connectivity index (χ4n) is 4.05. The number of aromatic nitrogens is 4. The average Bonchev–Trinajstić information content (AvgIpc) is 3.58. The SMILES string of the molecule is O=S(=O)(O)c1ccc(C2=Cc3cc4ccc(cc5nc(cc6ccc(cc2n3)[nH]6)C=C5)[nH]4)cc1.[Cl-].[Cl-].[Fe+2]. The van der Waals surface area contributed by atoms with E-state index in [-0.39, 0.29) is 46.8 Å². The number of hydrogen-bond donors (Lipinski definition) is 3. The van der Waals surface area contributed by atoms with Crippen LogP contribution in [0, 0.1) is 0 Å². The molecule has 2 aliphatic heterocycles. The van der Waals surface area contributed by atoms with Crippen LogP contribution in [-0.4, -0.2) is 32.9 Å². The number of rotatable bonds is 2. The molecule has 0 aliphatic carbocycles. The molecule has 0 saturated carbocycles. The molecule has 2 aliphatic rings. The summed E-state index contributed by atoms with van der Waals surface area (Å²) in [5.41, 5.74) is 8.48. The van der Waals surface area contributed by atoms with Crippen LogP contribution in [0.2, 0.25) is 0 Å². The quantitative estimate of drug-likeness (QED) is 0.182. The zero-order valence-electron chi connectivity index (χ0n) is 18.8. The number of H-pyrrole nitrogens is 2. The second-order valence-electron chi connectivity index (χ2n) is 8.09. The van der Waals surface area contributed by atoms with Gasteiger partial charge in [-0.2, -0.15) is 8.42 Å². The molecule has 4 aromatic rings. The third-order valence-electron chi connectivity index (χ3n) is 5.63. The normalized spacial score (nSPS) is 12.1. The summed E-state index contributed by atoms with van der Waals surface area (Å²) < 4.78 is 32.2. The van der Waals surface area contributed by atoms with Gasteiger partial charge in [-0.05, 0) is 84.5 Å². The number of nitrogens with zero attached hydrogens (tertiary/aromatic N) is 2. The van der Waals surface area contributed by atoms with E-state index < -0.39 is 10.1 Å². The standard InChI is InChI=1S/C26H18N4O3S.2ClH.Fe/c31-34(32,33)24-9-1-16(2-10-24)25-14-23-13-21-6-5-19(28-21)11-17-3-4-18(27-17)12-20-7-8-22(29-20)15-26(25)30-23;;;/h1-15,28-29H,(H,31,32,33);2*1H;/q;;;+2/p-2. The van der Waals surface area contributed by atoms with E-state index in [4.69, 9.17) is 4.98 Å². The monoisotopic (exact) mass is 592 g/mol. The second kappa shape index (κ2) is 11.1. The van der Waals surface area contributed by atoms with Gasteiger partial charge in [0.2, 0.25) is 0 Å². The smallest absolute Gasteiger partial charge is 1.00 e. The summed E-state index contributed by atoms with van der Waals surface area (Å²) in [6.45, 7) is 0. The number of halogens is 2. The van der Waals surface area contributed by atoms with Crippen molar-refractivity contribution in [3.05, 3.63) is 101 Å². The molecule has 0 unspecified atom stereocenters. The maximum atomic E-state index is 11.4. The molecular formula is C26H18Cl2FeN4O3S. The molecule has 0 radical (unpaired) electrons. The van der Waals surface area contributed by atoms with Gasteiger partial charge < -0.3 is 34.8 Å². The molecule has 0 saturated heterocycles. The zero-order chi connectivity index (χ0) is 23.3. The molecule has 0 atom stereocenters. The molecule has 3 N–H and O–H groups in total. The summed E-state index contributed by atoms with van der Waals surface area (Å²) in [7, 11) is -4.26. The Morgan fingerprint density at radius 2 is 1.14 bits per heavy atom. The molecule has 8 bridgehead atoms. The van der Waals surface area contributed by atoms with Gasteiger partial charge in [0.25, 0.3) is 10.1 Å². The van der Waals surface area contributed by atoms with Gasteiger partial charge in [0.05, 0.1) is 27.7 Å². The Morgan fingerprint density at radius 3 is 1.65 bits per heavy atom. The molecule has 3 aromatic heterocycles. The zero-order valence-corrected chi connectivity index (χ0v) is 22.3. The molecule has 37 heavy (non-hydrogen) atoms. The van der Waals surface area contributed by atoms with Gasteiger partial charge in [0, 0.05) is 27.6 Å². The summed E-state index contributed by atoms with van der Waals surface area (Å²) in [5, 5.41) is 0. The molecule has 1 aromatic carbocycles. The maximum Gasteiger partial charge on any atom is 2.00 e. The van der Waals surface area contributed by atoms with Crippen molar-refractivity contribution >= 4 is 56.0 Å². The van der Waals surface area contributed by atoms with Crippen LogP contribution in [0.15, 0.2) is 77.7 Å². The Hall–Kier alpha value is -3.17. The van der Waals surface area contributed by atoms with Crippen molar-refractivity contribution in [2.75, 3.05) is 0 Å². The van der Waals surface area contributed by atoms with E-state index in [0.717, 1.165) is 56.0 Å². The summed E-state index contributed by atoms with van der Waals surface area (Å²) in [5.74, 6) is 0. The van der Waals surface area contributed by atoms with E-state index in [9.17, 15) is 13.0 Å². The summed E-state index contributed by atoms with van der Waals surface area (Å²) in [6.07, 6.45) is 5.91. The predicted octanol–water partition coefficient (Wildman–Crippen LogP) is -0.674. The molecule has 11 heteroatoms. The van der Waals surface area contributed by atoms with Crippen LogP contribution in [0.5, 0.6) is 0 Å². The molecule has 5 heterocycles. The topological polar surface area (TPSA) is 112 Å². The minimum atomic E-state index is -4.26. The van der Waals surface area contributed by atoms with Crippen molar-refractivity contribution < 1.29 is 54.9 Å². The number of hydrogen-bond acceptors (Lipinski definition) is 4. The van der Waals surface area contributed by atoms with Crippen molar-refractivity contribution in [2.24, 2.45) is 0 Å². The van der Waals surface area contributed by atoms with Gasteiger partial charge >= 0.3 is 17.1 Å². The van der Waals surface area contributed by atoms with E-state index in [1.54, 1.807) is 12.1 Å². The fraction of sp³-hybridized carbons (Fsp3) is 0. The molecule has 7 nitrogen and oxygen atoms in total. The van der Waals surface area contributed by atoms with Crippen LogP contribution in [0.1, 0.15) is 28.3 Å². The first-order valence-corrected chi connectivity index (χ1v) is 12.0. The van der Waals surface area contributed by atoms with Crippen LogP contribution in [-0.2, 0) is 27.2 Å². The molecule has 188 valence electrons. The maximum absolute atomic E-state index is 11.4. The van der Waals surface area contributed by atoms with Gasteiger partial charge in [-0.3, -0.25) is 4.55 Å². The minimum absolute atomic E-state index is 0. The molecule has 0 spiro atoms. The first-order chi connectivity index (χ1) is 16.4. The summed E-state index contributed by atoms with van der Waals surface area (Å²) >= 11 is 0. The molecule has 6 rings (SSSR count). The van der Waals surface area contributed by atoms with Crippen molar-refractivity contribution in [3.8, 4) is 0 Å². The number of fused-ring (bicyclic) bond motifs is 8. The second-order valence-corrected chi connectivity index (χ2v) is 9.51. The van der Waals surface area contributed by atoms with Gasteiger partial charge in [0.1, 0.15) is 0 Å². The van der Waals surface area contributed by atoms with Crippen molar-refractivity contribution in [1.29, 1.82) is 0 Å². The van der Waals surface area contributed by atoms with Crippen molar-refractivity contribution in [2.45, 2.75) is 4.90 Å². The van der Waals surface area contributed by atoms with E-state index in [1.165, 1.54) is 12.1 Å². The Balaban J connectivity index is 0.00000127. The predicted molar refractivity (Wildman–Crippen MR) is 133 cm³/mol. The van der Waals surface area contributed by atoms with Crippen LogP contribution in [0.3, 0.4) is 0 Å². The Kier molecular flexibility index (Phi) is 8.49. The molecular weight excluding hydrogens is 575 g/mol. The van der Waals surface area contributed by atoms with E-state index in [2.05, 4.69) is 15.0 Å². The Morgan fingerprint density at radius 1 is 0.649 bits per heavy atom. The first kappa shape index (κ1) is 28.4. The van der Waals surface area contributed by atoms with E-state index in [1.807, 2.05) is 66.8 Å². The van der Waals surface area contributed by atoms with Crippen LogP contribution >= 0.6 is 0 Å². The van der Waals surface area contributed by atoms with E-state index >= 15 is 0 Å². The van der Waals surface area contributed by atoms with Crippen LogP contribution < -0.4 is 24.8 Å². The number of aromatic amines is 2. The van der Waals surface area contributed by atoms with Crippen molar-refractivity contribution in [1.82, 2.24) is 19.9 Å². The van der Waals surface area contributed by atoms with Crippen molar-refractivity contribution in [3.63, 3.8) is 0 Å². The fourth-order valence-corrected chi connectivity index (χ4v) is 4.53. The van der Waals surface area contributed by atoms with E-state index in [0.29, 0.717) is 0 Å². The van der Waals surface area contributed by atoms with Gasteiger partial charge in [-0.25, -0.2) is 9.97 Å². The van der Waals surface area contributed by atoms with Gasteiger partial charge in [-0.15, -0.1) is 0 Å². The average molecular weight is 593 g/mol. The third-order valence-corrected chi connectivity index (χ3v) is 6.50. The molecule has 0 fully saturated rings.